The van der Waals surface area contributed by atoms with E-state index in [1.807, 2.05) is 182 Å². The molecule has 358 valence electrons. The van der Waals surface area contributed by atoms with Crippen LogP contribution in [-0.2, 0) is 0 Å². The van der Waals surface area contributed by atoms with Gasteiger partial charge in [-0.2, -0.15) is 10.5 Å². The number of fused-ring (bicyclic) bond motifs is 3. The lowest BCUT2D eigenvalue weighted by molar-refractivity contribution is 1.07. The average molecular weight is 985 g/mol. The Morgan fingerprint density at radius 1 is 0.299 bits per heavy atom. The van der Waals surface area contributed by atoms with E-state index < -0.39 is 0 Å². The lowest BCUT2D eigenvalue weighted by Crippen LogP contribution is -2.04. The molecule has 0 aliphatic carbocycles. The summed E-state index contributed by atoms with van der Waals surface area (Å²) in [5, 5.41) is 22.4. The SMILES string of the molecule is N#Cc1ccccc1-c1ccc2c(c1)c1cc(-c3ccccc3C#N)ccc1n2-c1ccc(-c2nc(-c3ccccc3)nc(-c3ccccc3)n2)cc1-c1cnccc1-c1nc(-c2ccccc2)nc(-c2ccccc2)n1. The predicted octanol–water partition coefficient (Wildman–Crippen LogP) is 15.3. The molecule has 0 saturated heterocycles. The molecule has 0 unspecified atom stereocenters. The highest BCUT2D eigenvalue weighted by Crippen LogP contribution is 2.43. The molecular formula is C67H40N10. The second-order valence-corrected chi connectivity index (χ2v) is 18.3. The molecule has 4 aromatic heterocycles. The Morgan fingerprint density at radius 2 is 0.688 bits per heavy atom. The highest BCUT2D eigenvalue weighted by molar-refractivity contribution is 6.12. The van der Waals surface area contributed by atoms with Crippen LogP contribution in [0, 0.1) is 22.7 Å². The summed E-state index contributed by atoms with van der Waals surface area (Å²) in [5.41, 5.74) is 13.7. The van der Waals surface area contributed by atoms with Gasteiger partial charge >= 0.3 is 0 Å². The third-order valence-corrected chi connectivity index (χ3v) is 13.7. The molecular weight excluding hydrogens is 945 g/mol. The fraction of sp³-hybridized carbons (Fsp3) is 0. The molecule has 0 aliphatic heterocycles. The minimum atomic E-state index is 0.466. The Kier molecular flexibility index (Phi) is 11.7. The maximum atomic E-state index is 10.3. The monoisotopic (exact) mass is 984 g/mol. The topological polar surface area (TPSA) is 143 Å². The largest absolute Gasteiger partial charge is 0.309 e. The van der Waals surface area contributed by atoms with Crippen molar-refractivity contribution in [1.29, 1.82) is 10.5 Å². The van der Waals surface area contributed by atoms with Crippen LogP contribution in [0.3, 0.4) is 0 Å². The van der Waals surface area contributed by atoms with Gasteiger partial charge in [-0.15, -0.1) is 0 Å². The van der Waals surface area contributed by atoms with Gasteiger partial charge in [0.2, 0.25) is 0 Å². The zero-order valence-corrected chi connectivity index (χ0v) is 41.1. The number of aromatic nitrogens is 8. The van der Waals surface area contributed by atoms with E-state index in [4.69, 9.17) is 34.9 Å². The number of benzene rings is 9. The van der Waals surface area contributed by atoms with Crippen molar-refractivity contribution in [2.45, 2.75) is 0 Å². The van der Waals surface area contributed by atoms with Crippen LogP contribution in [-0.4, -0.2) is 39.5 Å². The first-order chi connectivity index (χ1) is 38.1. The molecule has 0 atom stereocenters. The lowest BCUT2D eigenvalue weighted by atomic mass is 9.96. The highest BCUT2D eigenvalue weighted by Gasteiger charge is 2.24. The molecule has 0 fully saturated rings. The van der Waals surface area contributed by atoms with E-state index in [2.05, 4.69) is 71.3 Å². The van der Waals surface area contributed by atoms with Gasteiger partial charge in [-0.25, -0.2) is 29.9 Å². The second kappa shape index (κ2) is 19.7. The van der Waals surface area contributed by atoms with Crippen molar-refractivity contribution >= 4 is 21.8 Å². The van der Waals surface area contributed by atoms with E-state index in [0.717, 1.165) is 94.3 Å². The van der Waals surface area contributed by atoms with Gasteiger partial charge in [0.15, 0.2) is 34.9 Å². The minimum absolute atomic E-state index is 0.466. The Morgan fingerprint density at radius 3 is 1.13 bits per heavy atom. The van der Waals surface area contributed by atoms with Gasteiger partial charge in [0.25, 0.3) is 0 Å². The van der Waals surface area contributed by atoms with E-state index in [-0.39, 0.29) is 0 Å². The number of rotatable bonds is 10. The van der Waals surface area contributed by atoms with Crippen molar-refractivity contribution in [3.8, 4) is 120 Å². The number of nitrogens with zero attached hydrogens (tertiary/aromatic N) is 10. The molecule has 9 aromatic carbocycles. The van der Waals surface area contributed by atoms with Crippen LogP contribution < -0.4 is 0 Å². The molecule has 77 heavy (non-hydrogen) atoms. The van der Waals surface area contributed by atoms with E-state index in [9.17, 15) is 10.5 Å². The van der Waals surface area contributed by atoms with Gasteiger partial charge in [0.1, 0.15) is 0 Å². The van der Waals surface area contributed by atoms with Crippen LogP contribution in [0.5, 0.6) is 0 Å². The average Bonchev–Trinajstić information content (AvgIpc) is 3.84. The van der Waals surface area contributed by atoms with Crippen molar-refractivity contribution in [2.24, 2.45) is 0 Å². The fourth-order valence-corrected chi connectivity index (χ4v) is 10.0. The first-order valence-electron chi connectivity index (χ1n) is 25.0. The van der Waals surface area contributed by atoms with E-state index in [1.54, 1.807) is 6.20 Å². The zero-order chi connectivity index (χ0) is 51.7. The molecule has 0 spiro atoms. The van der Waals surface area contributed by atoms with Crippen LogP contribution in [0.25, 0.3) is 129 Å². The first kappa shape index (κ1) is 45.8. The van der Waals surface area contributed by atoms with Crippen molar-refractivity contribution < 1.29 is 0 Å². The molecule has 0 aliphatic rings. The number of hydrogen-bond acceptors (Lipinski definition) is 9. The molecule has 10 heteroatoms. The molecule has 10 nitrogen and oxygen atoms in total. The van der Waals surface area contributed by atoms with Gasteiger partial charge in [-0.1, -0.05) is 170 Å². The Balaban J connectivity index is 1.10. The van der Waals surface area contributed by atoms with Gasteiger partial charge in [-0.05, 0) is 82.9 Å². The van der Waals surface area contributed by atoms with Crippen molar-refractivity contribution in [3.05, 3.63) is 254 Å². The van der Waals surface area contributed by atoms with Gasteiger partial charge in [0, 0.05) is 67.7 Å². The fourth-order valence-electron chi connectivity index (χ4n) is 10.0. The third kappa shape index (κ3) is 8.60. The van der Waals surface area contributed by atoms with E-state index in [1.165, 1.54) is 0 Å². The summed E-state index contributed by atoms with van der Waals surface area (Å²) in [5.74, 6) is 3.09. The predicted molar refractivity (Wildman–Crippen MR) is 304 cm³/mol. The van der Waals surface area contributed by atoms with Crippen LogP contribution in [0.2, 0.25) is 0 Å². The number of pyridine rings is 1. The maximum Gasteiger partial charge on any atom is 0.164 e. The molecule has 0 radical (unpaired) electrons. The molecule has 13 rings (SSSR count). The second-order valence-electron chi connectivity index (χ2n) is 18.3. The van der Waals surface area contributed by atoms with E-state index in [0.29, 0.717) is 46.1 Å². The van der Waals surface area contributed by atoms with E-state index >= 15 is 0 Å². The summed E-state index contributed by atoms with van der Waals surface area (Å²) in [6.07, 6.45) is 3.63. The Labute approximate surface area is 443 Å². The zero-order valence-electron chi connectivity index (χ0n) is 41.1. The van der Waals surface area contributed by atoms with Crippen molar-refractivity contribution in [2.75, 3.05) is 0 Å². The summed E-state index contributed by atoms with van der Waals surface area (Å²) < 4.78 is 2.27. The normalized spacial score (nSPS) is 11.1. The van der Waals surface area contributed by atoms with Crippen LogP contribution in [0.4, 0.5) is 0 Å². The van der Waals surface area contributed by atoms with Gasteiger partial charge < -0.3 is 4.57 Å². The molecule has 0 amide bonds. The van der Waals surface area contributed by atoms with Crippen LogP contribution in [0.15, 0.2) is 243 Å². The Hall–Kier alpha value is -11.1. The van der Waals surface area contributed by atoms with Gasteiger partial charge in [0.05, 0.1) is 40.0 Å². The van der Waals surface area contributed by atoms with Crippen LogP contribution in [0.1, 0.15) is 11.1 Å². The molecule has 0 N–H and O–H groups in total. The summed E-state index contributed by atoms with van der Waals surface area (Å²) in [6, 6.07) is 80.9. The minimum Gasteiger partial charge on any atom is -0.309 e. The lowest BCUT2D eigenvalue weighted by Gasteiger charge is -2.18. The number of hydrogen-bond donors (Lipinski definition) is 0. The molecule has 0 saturated carbocycles. The standard InChI is InChI=1S/C67H40N10/c68-40-50-25-13-15-27-52(50)47-29-32-59-55(37-47)56-38-48(53-28-16-14-26-51(53)41-69)30-33-60(56)77(59)61-34-31-49(66-73-62(43-17-5-1-6-18-43)71-63(74-66)44-19-7-2-8-20-44)39-57(61)58-42-70-36-35-54(58)67-75-64(45-21-9-3-10-22-45)72-65(76-67)46-23-11-4-12-24-46/h1-39,42H. The highest BCUT2D eigenvalue weighted by atomic mass is 15.0. The summed E-state index contributed by atoms with van der Waals surface area (Å²) in [4.78, 5) is 35.6. The quantitative estimate of drug-likeness (QED) is 0.131. The van der Waals surface area contributed by atoms with Crippen molar-refractivity contribution in [3.63, 3.8) is 0 Å². The Bertz CT molecular complexity index is 4240. The molecule has 0 bridgehead atoms. The smallest absolute Gasteiger partial charge is 0.164 e. The summed E-state index contributed by atoms with van der Waals surface area (Å²) in [7, 11) is 0. The first-order valence-corrected chi connectivity index (χ1v) is 25.0. The van der Waals surface area contributed by atoms with Crippen molar-refractivity contribution in [1.82, 2.24) is 39.5 Å². The molecule has 13 aromatic rings. The van der Waals surface area contributed by atoms with Gasteiger partial charge in [-0.3, -0.25) is 4.98 Å². The summed E-state index contributed by atoms with van der Waals surface area (Å²) in [6.45, 7) is 0. The summed E-state index contributed by atoms with van der Waals surface area (Å²) >= 11 is 0. The maximum absolute atomic E-state index is 10.3. The number of nitriles is 2. The van der Waals surface area contributed by atoms with Crippen LogP contribution >= 0.6 is 0 Å². The molecule has 4 heterocycles. The third-order valence-electron chi connectivity index (χ3n) is 13.7.